The quantitative estimate of drug-likeness (QED) is 0.535. The smallest absolute Gasteiger partial charge is 0.252 e. The normalized spacial score (nSPS) is 11.7. The van der Waals surface area contributed by atoms with Crippen LogP contribution < -0.4 is 16.4 Å². The topological polar surface area (TPSA) is 117 Å². The number of hydrogen-bond donors (Lipinski definition) is 4. The van der Waals surface area contributed by atoms with Gasteiger partial charge in [0.05, 0.1) is 0 Å². The fourth-order valence-electron chi connectivity index (χ4n) is 2.93. The Balaban J connectivity index is 1.77. The fraction of sp³-hybridized carbons (Fsp3) is 0.150. The summed E-state index contributed by atoms with van der Waals surface area (Å²) >= 11 is 0. The Bertz CT molecular complexity index is 1010. The third kappa shape index (κ3) is 4.33. The number of H-pyrrole nitrogens is 1. The Morgan fingerprint density at radius 3 is 2.63 bits per heavy atom. The summed E-state index contributed by atoms with van der Waals surface area (Å²) in [4.78, 5) is 38.7. The second kappa shape index (κ2) is 7.74. The predicted molar refractivity (Wildman–Crippen MR) is 103 cm³/mol. The van der Waals surface area contributed by atoms with Gasteiger partial charge in [-0.05, 0) is 29.8 Å². The maximum absolute atomic E-state index is 12.6. The van der Waals surface area contributed by atoms with E-state index in [0.29, 0.717) is 11.3 Å². The molecule has 5 N–H and O–H groups in total. The summed E-state index contributed by atoms with van der Waals surface area (Å²) in [6.45, 7) is 1.39. The number of carbonyl (C=O) groups is 3. The lowest BCUT2D eigenvalue weighted by molar-refractivity contribution is -0.119. The molecule has 0 aliphatic rings. The summed E-state index contributed by atoms with van der Waals surface area (Å²) in [6, 6.07) is 13.3. The van der Waals surface area contributed by atoms with Crippen LogP contribution in [0.5, 0.6) is 0 Å². The molecule has 0 aliphatic heterocycles. The average Bonchev–Trinajstić information content (AvgIpc) is 3.04. The monoisotopic (exact) mass is 364 g/mol. The van der Waals surface area contributed by atoms with Gasteiger partial charge in [0.15, 0.2) is 0 Å². The van der Waals surface area contributed by atoms with Crippen molar-refractivity contribution >= 4 is 34.3 Å². The maximum Gasteiger partial charge on any atom is 0.252 e. The van der Waals surface area contributed by atoms with Crippen LogP contribution in [0.4, 0.5) is 5.69 Å². The highest BCUT2D eigenvalue weighted by Crippen LogP contribution is 2.19. The zero-order chi connectivity index (χ0) is 19.4. The summed E-state index contributed by atoms with van der Waals surface area (Å²) < 4.78 is 0. The molecule has 0 radical (unpaired) electrons. The third-order valence-electron chi connectivity index (χ3n) is 4.19. The van der Waals surface area contributed by atoms with Crippen molar-refractivity contribution in [1.82, 2.24) is 10.3 Å². The Kier molecular flexibility index (Phi) is 5.21. The van der Waals surface area contributed by atoms with Crippen molar-refractivity contribution in [2.24, 2.45) is 5.73 Å². The molecule has 0 spiro atoms. The van der Waals surface area contributed by atoms with Crippen LogP contribution >= 0.6 is 0 Å². The number of para-hydroxylation sites is 1. The summed E-state index contributed by atoms with van der Waals surface area (Å²) in [7, 11) is 0. The summed E-state index contributed by atoms with van der Waals surface area (Å²) in [6.07, 6.45) is 2.08. The lowest BCUT2D eigenvalue weighted by Crippen LogP contribution is -2.45. The van der Waals surface area contributed by atoms with Gasteiger partial charge in [-0.2, -0.15) is 0 Å². The van der Waals surface area contributed by atoms with Crippen LogP contribution in [0.2, 0.25) is 0 Å². The van der Waals surface area contributed by atoms with Gasteiger partial charge in [0, 0.05) is 41.7 Å². The number of rotatable bonds is 6. The summed E-state index contributed by atoms with van der Waals surface area (Å²) in [5, 5.41) is 6.27. The van der Waals surface area contributed by atoms with Crippen LogP contribution in [-0.4, -0.2) is 28.7 Å². The molecule has 2 aromatic carbocycles. The van der Waals surface area contributed by atoms with Gasteiger partial charge in [0.25, 0.3) is 5.91 Å². The Labute approximate surface area is 155 Å². The molecule has 1 heterocycles. The first-order valence-electron chi connectivity index (χ1n) is 8.47. The molecule has 27 heavy (non-hydrogen) atoms. The molecule has 0 aliphatic carbocycles. The van der Waals surface area contributed by atoms with Gasteiger partial charge in [-0.1, -0.05) is 24.3 Å². The molecule has 1 aromatic heterocycles. The molecule has 3 amide bonds. The van der Waals surface area contributed by atoms with Crippen molar-refractivity contribution in [3.8, 4) is 0 Å². The number of fused-ring (bicyclic) bond motifs is 1. The fourth-order valence-corrected chi connectivity index (χ4v) is 2.93. The number of nitrogens with two attached hydrogens (primary N) is 1. The van der Waals surface area contributed by atoms with E-state index in [1.165, 1.54) is 6.92 Å². The van der Waals surface area contributed by atoms with Gasteiger partial charge in [0.2, 0.25) is 11.8 Å². The number of aromatic nitrogens is 1. The van der Waals surface area contributed by atoms with Crippen LogP contribution in [0.25, 0.3) is 10.9 Å². The number of hydrogen-bond acceptors (Lipinski definition) is 3. The summed E-state index contributed by atoms with van der Waals surface area (Å²) in [5.74, 6) is -1.29. The second-order valence-corrected chi connectivity index (χ2v) is 6.25. The Morgan fingerprint density at radius 1 is 1.11 bits per heavy atom. The molecule has 0 unspecified atom stereocenters. The van der Waals surface area contributed by atoms with Gasteiger partial charge in [0.1, 0.15) is 6.04 Å². The van der Waals surface area contributed by atoms with Gasteiger partial charge in [-0.25, -0.2) is 0 Å². The van der Waals surface area contributed by atoms with Crippen LogP contribution in [0.1, 0.15) is 22.8 Å². The summed E-state index contributed by atoms with van der Waals surface area (Å²) in [5.41, 5.74) is 8.17. The van der Waals surface area contributed by atoms with Crippen molar-refractivity contribution in [2.75, 3.05) is 5.32 Å². The SMILES string of the molecule is CC(=O)Nc1cccc(C(=O)N[C@@H](Cc2c[nH]c3ccccc23)C(N)=O)c1. The zero-order valence-electron chi connectivity index (χ0n) is 14.8. The predicted octanol–water partition coefficient (Wildman–Crippen LogP) is 1.95. The number of primary amides is 1. The molecule has 138 valence electrons. The van der Waals surface area contributed by atoms with Crippen LogP contribution in [0.3, 0.4) is 0 Å². The van der Waals surface area contributed by atoms with E-state index < -0.39 is 17.9 Å². The van der Waals surface area contributed by atoms with Crippen LogP contribution in [-0.2, 0) is 16.0 Å². The first-order chi connectivity index (χ1) is 12.9. The minimum Gasteiger partial charge on any atom is -0.368 e. The lowest BCUT2D eigenvalue weighted by Gasteiger charge is -2.15. The molecule has 7 heteroatoms. The Morgan fingerprint density at radius 2 is 1.89 bits per heavy atom. The van der Waals surface area contributed by atoms with Crippen molar-refractivity contribution < 1.29 is 14.4 Å². The largest absolute Gasteiger partial charge is 0.368 e. The molecule has 3 rings (SSSR count). The lowest BCUT2D eigenvalue weighted by atomic mass is 10.0. The zero-order valence-corrected chi connectivity index (χ0v) is 14.8. The molecule has 1 atom stereocenters. The number of carbonyl (C=O) groups excluding carboxylic acids is 3. The van der Waals surface area contributed by atoms with E-state index in [0.717, 1.165) is 16.5 Å². The van der Waals surface area contributed by atoms with E-state index >= 15 is 0 Å². The highest BCUT2D eigenvalue weighted by Gasteiger charge is 2.21. The van der Waals surface area contributed by atoms with E-state index in [1.807, 2.05) is 30.5 Å². The van der Waals surface area contributed by atoms with Crippen molar-refractivity contribution in [3.05, 3.63) is 65.9 Å². The molecular formula is C20H20N4O3. The molecule has 7 nitrogen and oxygen atoms in total. The van der Waals surface area contributed by atoms with Gasteiger partial charge < -0.3 is 21.4 Å². The number of nitrogens with one attached hydrogen (secondary N) is 3. The Hall–Kier alpha value is -3.61. The van der Waals surface area contributed by atoms with E-state index in [2.05, 4.69) is 15.6 Å². The average molecular weight is 364 g/mol. The molecule has 3 aromatic rings. The van der Waals surface area contributed by atoms with Crippen molar-refractivity contribution in [3.63, 3.8) is 0 Å². The van der Waals surface area contributed by atoms with Gasteiger partial charge in [-0.15, -0.1) is 0 Å². The van der Waals surface area contributed by atoms with Crippen LogP contribution in [0, 0.1) is 0 Å². The number of benzene rings is 2. The first kappa shape index (κ1) is 18.2. The third-order valence-corrected chi connectivity index (χ3v) is 4.19. The number of amides is 3. The van der Waals surface area contributed by atoms with E-state index in [-0.39, 0.29) is 12.3 Å². The standard InChI is InChI=1S/C20H20N4O3/c1-12(25)23-15-6-4-5-13(9-15)20(27)24-18(19(21)26)10-14-11-22-17-8-3-2-7-16(14)17/h2-9,11,18,22H,10H2,1H3,(H2,21,26)(H,23,25)(H,24,27)/t18-/m0/s1. The van der Waals surface area contributed by atoms with Crippen LogP contribution in [0.15, 0.2) is 54.7 Å². The molecule has 0 saturated heterocycles. The van der Waals surface area contributed by atoms with E-state index in [1.54, 1.807) is 24.3 Å². The van der Waals surface area contributed by atoms with Crippen molar-refractivity contribution in [1.29, 1.82) is 0 Å². The van der Waals surface area contributed by atoms with Crippen molar-refractivity contribution in [2.45, 2.75) is 19.4 Å². The molecule has 0 fully saturated rings. The molecule has 0 saturated carbocycles. The first-order valence-corrected chi connectivity index (χ1v) is 8.47. The number of aromatic amines is 1. The van der Waals surface area contributed by atoms with Gasteiger partial charge in [-0.3, -0.25) is 14.4 Å². The minimum absolute atomic E-state index is 0.234. The maximum atomic E-state index is 12.6. The highest BCUT2D eigenvalue weighted by atomic mass is 16.2. The van der Waals surface area contributed by atoms with E-state index in [4.69, 9.17) is 5.73 Å². The highest BCUT2D eigenvalue weighted by molar-refractivity contribution is 5.99. The molecular weight excluding hydrogens is 344 g/mol. The molecule has 0 bridgehead atoms. The second-order valence-electron chi connectivity index (χ2n) is 6.25. The van der Waals surface area contributed by atoms with Gasteiger partial charge >= 0.3 is 0 Å². The number of anilines is 1. The minimum atomic E-state index is -0.860. The van der Waals surface area contributed by atoms with E-state index in [9.17, 15) is 14.4 Å².